The maximum absolute atomic E-state index is 13.8. The number of hydrogen-bond acceptors (Lipinski definition) is 6. The van der Waals surface area contributed by atoms with Gasteiger partial charge in [0, 0.05) is 11.4 Å². The van der Waals surface area contributed by atoms with Crippen LogP contribution in [0.25, 0.3) is 0 Å². The van der Waals surface area contributed by atoms with Crippen molar-refractivity contribution in [3.8, 4) is 6.07 Å². The van der Waals surface area contributed by atoms with E-state index in [0.29, 0.717) is 0 Å². The van der Waals surface area contributed by atoms with Gasteiger partial charge in [-0.1, -0.05) is 18.2 Å². The number of allylic oxidation sites excluding steroid dienone is 2. The van der Waals surface area contributed by atoms with Gasteiger partial charge in [-0.3, -0.25) is 0 Å². The molecule has 0 aliphatic carbocycles. The summed E-state index contributed by atoms with van der Waals surface area (Å²) < 4.78 is 51.8. The number of rotatable bonds is 6. The summed E-state index contributed by atoms with van der Waals surface area (Å²) in [4.78, 5) is 25.7. The first-order valence-electron chi connectivity index (χ1n) is 9.58. The lowest BCUT2D eigenvalue weighted by atomic mass is 9.78. The van der Waals surface area contributed by atoms with Gasteiger partial charge in [0.25, 0.3) is 0 Å². The van der Waals surface area contributed by atoms with Crippen LogP contribution in [0.4, 0.5) is 13.2 Å². The van der Waals surface area contributed by atoms with E-state index in [2.05, 4.69) is 5.32 Å². The highest BCUT2D eigenvalue weighted by molar-refractivity contribution is 6.00. The molecule has 0 fully saturated rings. The monoisotopic (exact) mass is 436 g/mol. The number of halogens is 3. The lowest BCUT2D eigenvalue weighted by Crippen LogP contribution is -2.34. The van der Waals surface area contributed by atoms with Crippen LogP contribution in [-0.4, -0.2) is 24.6 Å². The van der Waals surface area contributed by atoms with Gasteiger partial charge in [-0.2, -0.15) is 18.4 Å². The fourth-order valence-corrected chi connectivity index (χ4v) is 3.40. The molecule has 0 bridgehead atoms. The van der Waals surface area contributed by atoms with Crippen LogP contribution in [0, 0.1) is 11.3 Å². The summed E-state index contributed by atoms with van der Waals surface area (Å²) in [5, 5.41) is 11.5. The number of esters is 2. The molecule has 1 aromatic carbocycles. The quantitative estimate of drug-likeness (QED) is 0.527. The highest BCUT2D eigenvalue weighted by atomic mass is 19.4. The van der Waals surface area contributed by atoms with E-state index in [1.165, 1.54) is 32.0 Å². The lowest BCUT2D eigenvalue weighted by Gasteiger charge is -2.32. The summed E-state index contributed by atoms with van der Waals surface area (Å²) in [6.07, 6.45) is -5.32. The Morgan fingerprint density at radius 2 is 1.71 bits per heavy atom. The number of nitriles is 1. The summed E-state index contributed by atoms with van der Waals surface area (Å²) >= 11 is 0. The van der Waals surface area contributed by atoms with Crippen LogP contribution in [0.15, 0.2) is 46.8 Å². The third kappa shape index (κ3) is 5.45. The molecule has 0 amide bonds. The second kappa shape index (κ2) is 9.69. The van der Waals surface area contributed by atoms with Gasteiger partial charge in [0.2, 0.25) is 0 Å². The van der Waals surface area contributed by atoms with E-state index in [0.717, 1.165) is 6.07 Å². The third-order valence-electron chi connectivity index (χ3n) is 4.57. The van der Waals surface area contributed by atoms with E-state index in [-0.39, 0.29) is 41.1 Å². The lowest BCUT2D eigenvalue weighted by molar-refractivity contribution is -0.144. The number of carbonyl (C=O) groups excluding carboxylic acids is 2. The number of dihydropyridines is 1. The summed E-state index contributed by atoms with van der Waals surface area (Å²) in [7, 11) is 0. The van der Waals surface area contributed by atoms with Crippen molar-refractivity contribution >= 4 is 11.9 Å². The first-order valence-corrected chi connectivity index (χ1v) is 9.58. The zero-order valence-electron chi connectivity index (χ0n) is 17.6. The Labute approximate surface area is 178 Å². The molecule has 31 heavy (non-hydrogen) atoms. The van der Waals surface area contributed by atoms with E-state index < -0.39 is 35.7 Å². The molecule has 1 aromatic rings. The smallest absolute Gasteiger partial charge is 0.416 e. The van der Waals surface area contributed by atoms with Crippen molar-refractivity contribution in [3.63, 3.8) is 0 Å². The number of alkyl halides is 3. The number of ether oxygens (including phenoxy) is 2. The van der Waals surface area contributed by atoms with Crippen LogP contribution in [0.2, 0.25) is 0 Å². The average Bonchev–Trinajstić information content (AvgIpc) is 2.66. The number of nitrogens with one attached hydrogen (secondary N) is 1. The van der Waals surface area contributed by atoms with Gasteiger partial charge in [0.05, 0.1) is 41.2 Å². The summed E-state index contributed by atoms with van der Waals surface area (Å²) in [6.45, 7) is 6.04. The summed E-state index contributed by atoms with van der Waals surface area (Å²) in [5.74, 6) is -3.11. The molecular formula is C22H23F3N2O4. The van der Waals surface area contributed by atoms with E-state index in [1.54, 1.807) is 13.8 Å². The first-order chi connectivity index (χ1) is 14.5. The minimum atomic E-state index is -4.72. The van der Waals surface area contributed by atoms with Gasteiger partial charge in [0.1, 0.15) is 6.61 Å². The van der Waals surface area contributed by atoms with Crippen molar-refractivity contribution in [2.24, 2.45) is 0 Å². The molecule has 2 rings (SSSR count). The largest absolute Gasteiger partial charge is 0.461 e. The summed E-state index contributed by atoms with van der Waals surface area (Å²) in [5.41, 5.74) is -0.960. The molecule has 1 aliphatic rings. The van der Waals surface area contributed by atoms with Crippen LogP contribution in [0.5, 0.6) is 0 Å². The van der Waals surface area contributed by atoms with Gasteiger partial charge in [-0.05, 0) is 39.3 Å². The predicted octanol–water partition coefficient (Wildman–Crippen LogP) is 4.35. The number of carbonyl (C=O) groups is 2. The molecular weight excluding hydrogens is 413 g/mol. The van der Waals surface area contributed by atoms with E-state index in [4.69, 9.17) is 14.7 Å². The molecule has 1 atom stereocenters. The van der Waals surface area contributed by atoms with Crippen LogP contribution < -0.4 is 5.32 Å². The Morgan fingerprint density at radius 3 is 2.26 bits per heavy atom. The second-order valence-electron chi connectivity index (χ2n) is 7.22. The van der Waals surface area contributed by atoms with Crippen LogP contribution in [0.3, 0.4) is 0 Å². The van der Waals surface area contributed by atoms with E-state index >= 15 is 0 Å². The van der Waals surface area contributed by atoms with Crippen LogP contribution >= 0.6 is 0 Å². The molecule has 0 radical (unpaired) electrons. The normalized spacial score (nSPS) is 16.7. The van der Waals surface area contributed by atoms with Crippen LogP contribution in [0.1, 0.15) is 51.2 Å². The van der Waals surface area contributed by atoms with Crippen molar-refractivity contribution in [1.82, 2.24) is 5.32 Å². The third-order valence-corrected chi connectivity index (χ3v) is 4.57. The second-order valence-corrected chi connectivity index (χ2v) is 7.22. The Morgan fingerprint density at radius 1 is 1.13 bits per heavy atom. The average molecular weight is 436 g/mol. The Bertz CT molecular complexity index is 972. The number of nitrogens with zero attached hydrogens (tertiary/aromatic N) is 1. The maximum Gasteiger partial charge on any atom is 0.416 e. The minimum absolute atomic E-state index is 0.0770. The molecule has 166 valence electrons. The summed E-state index contributed by atoms with van der Waals surface area (Å²) in [6, 6.07) is 6.58. The Balaban J connectivity index is 2.71. The fraction of sp³-hybridized carbons (Fsp3) is 0.409. The predicted molar refractivity (Wildman–Crippen MR) is 105 cm³/mol. The van der Waals surface area contributed by atoms with Crippen LogP contribution in [-0.2, 0) is 25.2 Å². The zero-order chi connectivity index (χ0) is 23.3. The highest BCUT2D eigenvalue weighted by Crippen LogP contribution is 2.44. The van der Waals surface area contributed by atoms with Crippen molar-refractivity contribution in [2.75, 3.05) is 6.61 Å². The molecule has 1 aliphatic heterocycles. The molecule has 1 N–H and O–H groups in total. The van der Waals surface area contributed by atoms with Crippen molar-refractivity contribution in [3.05, 3.63) is 57.9 Å². The molecule has 0 saturated carbocycles. The van der Waals surface area contributed by atoms with Crippen molar-refractivity contribution in [2.45, 2.75) is 52.3 Å². The zero-order valence-corrected chi connectivity index (χ0v) is 17.6. The van der Waals surface area contributed by atoms with Gasteiger partial charge in [0.15, 0.2) is 0 Å². The number of benzene rings is 1. The topological polar surface area (TPSA) is 88.4 Å². The van der Waals surface area contributed by atoms with Gasteiger partial charge in [-0.15, -0.1) is 0 Å². The maximum atomic E-state index is 13.8. The van der Waals surface area contributed by atoms with Gasteiger partial charge >= 0.3 is 18.1 Å². The molecule has 0 saturated heterocycles. The molecule has 1 unspecified atom stereocenters. The SMILES string of the molecule is CC1=C(C(=O)OCCC#N)C(c2ccccc2C(F)(F)F)C(C(=O)OC(C)C)=C(C)N1. The standard InChI is InChI=1S/C22H23F3N2O4/c1-12(2)31-21(29)18-14(4)27-13(3)17(20(28)30-11-7-10-26)19(18)15-8-5-6-9-16(15)22(23,24)25/h5-6,8-9,12,19,27H,7,11H2,1-4H3. The molecule has 0 spiro atoms. The van der Waals surface area contributed by atoms with E-state index in [1.807, 2.05) is 6.07 Å². The molecule has 6 nitrogen and oxygen atoms in total. The minimum Gasteiger partial charge on any atom is -0.461 e. The van der Waals surface area contributed by atoms with Gasteiger partial charge in [-0.25, -0.2) is 9.59 Å². The fourth-order valence-electron chi connectivity index (χ4n) is 3.40. The Hall–Kier alpha value is -3.28. The molecule has 1 heterocycles. The van der Waals surface area contributed by atoms with E-state index in [9.17, 15) is 22.8 Å². The van der Waals surface area contributed by atoms with Gasteiger partial charge < -0.3 is 14.8 Å². The number of hydrogen-bond donors (Lipinski definition) is 1. The first kappa shape index (κ1) is 24.0. The Kier molecular flexibility index (Phi) is 7.50. The van der Waals surface area contributed by atoms with Crippen molar-refractivity contribution in [1.29, 1.82) is 5.26 Å². The van der Waals surface area contributed by atoms with Crippen molar-refractivity contribution < 1.29 is 32.2 Å². The molecule has 9 heteroatoms. The highest BCUT2D eigenvalue weighted by Gasteiger charge is 2.43. The molecule has 0 aromatic heterocycles.